The molecule has 0 bridgehead atoms. The van der Waals surface area contributed by atoms with Crippen molar-refractivity contribution in [3.05, 3.63) is 41.8 Å². The minimum absolute atomic E-state index is 0.490. The van der Waals surface area contributed by atoms with E-state index in [1.165, 1.54) is 0 Å². The number of aromatic nitrogens is 2. The third-order valence-electron chi connectivity index (χ3n) is 3.24. The van der Waals surface area contributed by atoms with Crippen LogP contribution in [0.1, 0.15) is 12.5 Å². The monoisotopic (exact) mass is 247 g/mol. The summed E-state index contributed by atoms with van der Waals surface area (Å²) in [7, 11) is 0. The normalized spacial score (nSPS) is 19.7. The lowest BCUT2D eigenvalue weighted by Gasteiger charge is -2.15. The average molecular weight is 248 g/mol. The SMILES string of the molecule is Clc1ccccc1-c1cncn1C1CCNC1. The van der Waals surface area contributed by atoms with Crippen molar-refractivity contribution >= 4 is 11.6 Å². The number of imidazole rings is 1. The van der Waals surface area contributed by atoms with Gasteiger partial charge in [-0.05, 0) is 19.0 Å². The van der Waals surface area contributed by atoms with Gasteiger partial charge in [-0.3, -0.25) is 0 Å². The van der Waals surface area contributed by atoms with E-state index in [1.54, 1.807) is 0 Å². The number of hydrogen-bond donors (Lipinski definition) is 1. The van der Waals surface area contributed by atoms with E-state index in [0.717, 1.165) is 35.8 Å². The lowest BCUT2D eigenvalue weighted by Crippen LogP contribution is -2.13. The van der Waals surface area contributed by atoms with E-state index in [-0.39, 0.29) is 0 Å². The van der Waals surface area contributed by atoms with E-state index in [4.69, 9.17) is 11.6 Å². The Morgan fingerprint density at radius 2 is 2.24 bits per heavy atom. The zero-order valence-electron chi connectivity index (χ0n) is 9.44. The molecular weight excluding hydrogens is 234 g/mol. The molecule has 1 aliphatic heterocycles. The van der Waals surface area contributed by atoms with Crippen LogP contribution in [0.15, 0.2) is 36.8 Å². The third kappa shape index (κ3) is 1.96. The van der Waals surface area contributed by atoms with E-state index in [9.17, 15) is 0 Å². The van der Waals surface area contributed by atoms with Crippen molar-refractivity contribution in [3.8, 4) is 11.3 Å². The van der Waals surface area contributed by atoms with Crippen LogP contribution >= 0.6 is 11.6 Å². The van der Waals surface area contributed by atoms with Crippen LogP contribution in [0, 0.1) is 0 Å². The first-order valence-electron chi connectivity index (χ1n) is 5.84. The first-order valence-corrected chi connectivity index (χ1v) is 6.21. The molecule has 2 aromatic rings. The minimum atomic E-state index is 0.490. The maximum Gasteiger partial charge on any atom is 0.0954 e. The van der Waals surface area contributed by atoms with Gasteiger partial charge in [0.25, 0.3) is 0 Å². The summed E-state index contributed by atoms with van der Waals surface area (Å²) < 4.78 is 2.22. The zero-order valence-corrected chi connectivity index (χ0v) is 10.2. The predicted molar refractivity (Wildman–Crippen MR) is 69.2 cm³/mol. The summed E-state index contributed by atoms with van der Waals surface area (Å²) in [6, 6.07) is 8.40. The highest BCUT2D eigenvalue weighted by atomic mass is 35.5. The number of hydrogen-bond acceptors (Lipinski definition) is 2. The molecule has 1 aromatic heterocycles. The number of benzene rings is 1. The fourth-order valence-electron chi connectivity index (χ4n) is 2.35. The van der Waals surface area contributed by atoms with Crippen LogP contribution in [-0.2, 0) is 0 Å². The number of nitrogens with zero attached hydrogens (tertiary/aromatic N) is 2. The Kier molecular flexibility index (Phi) is 2.87. The molecule has 1 unspecified atom stereocenters. The molecule has 1 atom stereocenters. The lowest BCUT2D eigenvalue weighted by molar-refractivity contribution is 0.551. The first kappa shape index (κ1) is 10.8. The quantitative estimate of drug-likeness (QED) is 0.885. The van der Waals surface area contributed by atoms with Gasteiger partial charge in [-0.1, -0.05) is 29.8 Å². The van der Waals surface area contributed by atoms with Crippen LogP contribution in [0.2, 0.25) is 5.02 Å². The Hall–Kier alpha value is -1.32. The Labute approximate surface area is 105 Å². The van der Waals surface area contributed by atoms with E-state index in [0.29, 0.717) is 6.04 Å². The van der Waals surface area contributed by atoms with Gasteiger partial charge < -0.3 is 9.88 Å². The van der Waals surface area contributed by atoms with Crippen LogP contribution in [0.25, 0.3) is 11.3 Å². The predicted octanol–water partition coefficient (Wildman–Crippen LogP) is 2.74. The molecule has 0 spiro atoms. The van der Waals surface area contributed by atoms with Crippen molar-refractivity contribution in [1.29, 1.82) is 0 Å². The van der Waals surface area contributed by atoms with Crippen molar-refractivity contribution in [1.82, 2.24) is 14.9 Å². The van der Waals surface area contributed by atoms with Crippen molar-refractivity contribution in [2.24, 2.45) is 0 Å². The maximum absolute atomic E-state index is 6.24. The van der Waals surface area contributed by atoms with Crippen molar-refractivity contribution in [2.75, 3.05) is 13.1 Å². The Balaban J connectivity index is 2.04. The van der Waals surface area contributed by atoms with Gasteiger partial charge in [-0.2, -0.15) is 0 Å². The van der Waals surface area contributed by atoms with Gasteiger partial charge in [0.15, 0.2) is 0 Å². The fraction of sp³-hybridized carbons (Fsp3) is 0.308. The topological polar surface area (TPSA) is 29.9 Å². The molecule has 0 amide bonds. The van der Waals surface area contributed by atoms with E-state index >= 15 is 0 Å². The Morgan fingerprint density at radius 3 is 3.00 bits per heavy atom. The molecule has 0 aliphatic carbocycles. The van der Waals surface area contributed by atoms with Gasteiger partial charge in [-0.15, -0.1) is 0 Å². The summed E-state index contributed by atoms with van der Waals surface area (Å²) >= 11 is 6.24. The number of halogens is 1. The highest BCUT2D eigenvalue weighted by molar-refractivity contribution is 6.33. The first-order chi connectivity index (χ1) is 8.36. The van der Waals surface area contributed by atoms with Crippen LogP contribution in [0.4, 0.5) is 0 Å². The molecule has 4 heteroatoms. The van der Waals surface area contributed by atoms with E-state index in [1.807, 2.05) is 36.8 Å². The van der Waals surface area contributed by atoms with Crippen LogP contribution in [0.3, 0.4) is 0 Å². The Morgan fingerprint density at radius 1 is 1.35 bits per heavy atom. The second kappa shape index (κ2) is 4.51. The molecule has 1 aliphatic rings. The summed E-state index contributed by atoms with van der Waals surface area (Å²) in [5.74, 6) is 0. The molecule has 0 saturated carbocycles. The van der Waals surface area contributed by atoms with Gasteiger partial charge in [0.2, 0.25) is 0 Å². The van der Waals surface area contributed by atoms with Crippen molar-refractivity contribution < 1.29 is 0 Å². The van der Waals surface area contributed by atoms with Gasteiger partial charge >= 0.3 is 0 Å². The van der Waals surface area contributed by atoms with Gasteiger partial charge in [0, 0.05) is 23.2 Å². The molecule has 88 valence electrons. The Bertz CT molecular complexity index is 515. The summed E-state index contributed by atoms with van der Waals surface area (Å²) in [5.41, 5.74) is 2.16. The smallest absolute Gasteiger partial charge is 0.0954 e. The molecule has 3 nitrogen and oxygen atoms in total. The summed E-state index contributed by atoms with van der Waals surface area (Å²) in [6.07, 6.45) is 4.93. The highest BCUT2D eigenvalue weighted by Gasteiger charge is 2.19. The third-order valence-corrected chi connectivity index (χ3v) is 3.57. The largest absolute Gasteiger partial charge is 0.326 e. The molecular formula is C13H14ClN3. The summed E-state index contributed by atoms with van der Waals surface area (Å²) in [6.45, 7) is 2.08. The molecule has 1 fully saturated rings. The van der Waals surface area contributed by atoms with Crippen LogP contribution in [0.5, 0.6) is 0 Å². The number of rotatable bonds is 2. The molecule has 3 rings (SSSR count). The van der Waals surface area contributed by atoms with Gasteiger partial charge in [-0.25, -0.2) is 4.98 Å². The van der Waals surface area contributed by atoms with Crippen molar-refractivity contribution in [3.63, 3.8) is 0 Å². The van der Waals surface area contributed by atoms with Crippen molar-refractivity contribution in [2.45, 2.75) is 12.5 Å². The molecule has 1 N–H and O–H groups in total. The minimum Gasteiger partial charge on any atom is -0.326 e. The second-order valence-electron chi connectivity index (χ2n) is 4.31. The maximum atomic E-state index is 6.24. The fourth-order valence-corrected chi connectivity index (χ4v) is 2.58. The second-order valence-corrected chi connectivity index (χ2v) is 4.72. The number of nitrogens with one attached hydrogen (secondary N) is 1. The average Bonchev–Trinajstić information content (AvgIpc) is 3.00. The molecule has 1 aromatic carbocycles. The molecule has 2 heterocycles. The molecule has 1 saturated heterocycles. The van der Waals surface area contributed by atoms with Crippen LogP contribution in [-0.4, -0.2) is 22.6 Å². The highest BCUT2D eigenvalue weighted by Crippen LogP contribution is 2.30. The summed E-state index contributed by atoms with van der Waals surface area (Å²) in [5, 5.41) is 4.15. The van der Waals surface area contributed by atoms with Gasteiger partial charge in [0.1, 0.15) is 0 Å². The summed E-state index contributed by atoms with van der Waals surface area (Å²) in [4.78, 5) is 4.26. The van der Waals surface area contributed by atoms with Gasteiger partial charge in [0.05, 0.1) is 18.2 Å². The molecule has 0 radical (unpaired) electrons. The standard InChI is InChI=1S/C13H14ClN3/c14-12-4-2-1-3-11(12)13-8-16-9-17(13)10-5-6-15-7-10/h1-4,8-10,15H,5-7H2. The molecule has 17 heavy (non-hydrogen) atoms. The van der Waals surface area contributed by atoms with E-state index < -0.39 is 0 Å². The van der Waals surface area contributed by atoms with Crippen LogP contribution < -0.4 is 5.32 Å². The van der Waals surface area contributed by atoms with E-state index in [2.05, 4.69) is 14.9 Å². The zero-order chi connectivity index (χ0) is 11.7. The lowest BCUT2D eigenvalue weighted by atomic mass is 10.1.